The molecule has 0 spiro atoms. The van der Waals surface area contributed by atoms with Crippen LogP contribution >= 0.6 is 0 Å². The van der Waals surface area contributed by atoms with Crippen molar-refractivity contribution in [2.45, 2.75) is 6.92 Å². The van der Waals surface area contributed by atoms with E-state index >= 15 is 0 Å². The van der Waals surface area contributed by atoms with Gasteiger partial charge in [-0.05, 0) is 25.1 Å². The van der Waals surface area contributed by atoms with E-state index in [0.29, 0.717) is 41.1 Å². The molecule has 0 atom stereocenters. The van der Waals surface area contributed by atoms with Gasteiger partial charge in [-0.2, -0.15) is 16.8 Å². The van der Waals surface area contributed by atoms with Gasteiger partial charge in [-0.15, -0.1) is 0 Å². The zero-order valence-electron chi connectivity index (χ0n) is 17.8. The van der Waals surface area contributed by atoms with Gasteiger partial charge in [0.2, 0.25) is 0 Å². The van der Waals surface area contributed by atoms with Crippen LogP contribution in [0.5, 0.6) is 11.5 Å². The number of aromatic nitrogens is 2. The SMILES string of the molecule is COc1ccc(OC)c(-c2nc(C)c(C(=O)NC(=N)N)[nH]2)c1.CS(=O)(=O)O.CS(=O)(=O)O. The quantitative estimate of drug-likeness (QED) is 0.188. The Balaban J connectivity index is 0.000000805. The average Bonchev–Trinajstić information content (AvgIpc) is 2.99. The molecule has 2 rings (SSSR count). The molecular weight excluding hydrogens is 470 g/mol. The molecule has 2 aromatic rings. The number of carbonyl (C=O) groups is 1. The van der Waals surface area contributed by atoms with Crippen molar-refractivity contribution in [3.05, 3.63) is 29.6 Å². The maximum Gasteiger partial charge on any atom is 0.276 e. The largest absolute Gasteiger partial charge is 0.497 e. The zero-order chi connectivity index (χ0) is 25.3. The summed E-state index contributed by atoms with van der Waals surface area (Å²) in [5.41, 5.74) is 6.54. The first-order chi connectivity index (χ1) is 14.5. The number of nitrogens with two attached hydrogens (primary N) is 1. The second-order valence-corrected chi connectivity index (χ2v) is 8.88. The molecule has 7 N–H and O–H groups in total. The maximum absolute atomic E-state index is 11.9. The van der Waals surface area contributed by atoms with Crippen molar-refractivity contribution in [1.29, 1.82) is 5.41 Å². The lowest BCUT2D eigenvalue weighted by molar-refractivity contribution is 0.0971. The van der Waals surface area contributed by atoms with Crippen molar-refractivity contribution in [3.8, 4) is 22.9 Å². The predicted octanol–water partition coefficient (Wildman–Crippen LogP) is 0.0336. The lowest BCUT2D eigenvalue weighted by Crippen LogP contribution is -2.36. The third kappa shape index (κ3) is 12.5. The highest BCUT2D eigenvalue weighted by molar-refractivity contribution is 7.85. The number of aromatic amines is 1. The first kappa shape index (κ1) is 28.8. The lowest BCUT2D eigenvalue weighted by atomic mass is 10.2. The van der Waals surface area contributed by atoms with Gasteiger partial charge in [0.05, 0.1) is 38.0 Å². The Morgan fingerprint density at radius 2 is 1.62 bits per heavy atom. The van der Waals surface area contributed by atoms with E-state index in [0.717, 1.165) is 0 Å². The van der Waals surface area contributed by atoms with Crippen LogP contribution in [-0.2, 0) is 20.2 Å². The molecule has 0 fully saturated rings. The van der Waals surface area contributed by atoms with Crippen LogP contribution in [0.4, 0.5) is 0 Å². The maximum atomic E-state index is 11.9. The number of rotatable bonds is 4. The number of benzene rings is 1. The van der Waals surface area contributed by atoms with Gasteiger partial charge in [0.1, 0.15) is 23.0 Å². The minimum atomic E-state index is -3.67. The monoisotopic (exact) mass is 495 g/mol. The number of carbonyl (C=O) groups excluding carboxylic acids is 1. The second kappa shape index (κ2) is 12.0. The molecule has 32 heavy (non-hydrogen) atoms. The summed E-state index contributed by atoms with van der Waals surface area (Å²) >= 11 is 0. The van der Waals surface area contributed by atoms with Crippen LogP contribution in [0.2, 0.25) is 0 Å². The van der Waals surface area contributed by atoms with Crippen molar-refractivity contribution in [2.75, 3.05) is 26.7 Å². The molecule has 0 aliphatic heterocycles. The summed E-state index contributed by atoms with van der Waals surface area (Å²) in [5, 5.41) is 9.32. The van der Waals surface area contributed by atoms with Crippen LogP contribution in [-0.4, -0.2) is 74.5 Å². The summed E-state index contributed by atoms with van der Waals surface area (Å²) in [6.45, 7) is 1.68. The third-order valence-corrected chi connectivity index (χ3v) is 3.02. The molecular formula is C16H25N5O9S2. The average molecular weight is 496 g/mol. The van der Waals surface area contributed by atoms with E-state index in [-0.39, 0.29) is 5.69 Å². The highest BCUT2D eigenvalue weighted by Crippen LogP contribution is 2.32. The van der Waals surface area contributed by atoms with E-state index < -0.39 is 32.1 Å². The first-order valence-electron chi connectivity index (χ1n) is 8.25. The fraction of sp³-hybridized carbons (Fsp3) is 0.312. The number of hydrogen-bond acceptors (Lipinski definition) is 9. The molecule has 0 radical (unpaired) electrons. The van der Waals surface area contributed by atoms with Gasteiger partial charge in [0.25, 0.3) is 26.1 Å². The van der Waals surface area contributed by atoms with Gasteiger partial charge < -0.3 is 20.2 Å². The minimum Gasteiger partial charge on any atom is -0.497 e. The van der Waals surface area contributed by atoms with Gasteiger partial charge in [-0.25, -0.2) is 4.98 Å². The van der Waals surface area contributed by atoms with E-state index in [1.54, 1.807) is 39.3 Å². The van der Waals surface area contributed by atoms with Crippen molar-refractivity contribution in [3.63, 3.8) is 0 Å². The number of imidazole rings is 1. The van der Waals surface area contributed by atoms with Crippen molar-refractivity contribution in [2.24, 2.45) is 5.73 Å². The number of nitrogens with zero attached hydrogens (tertiary/aromatic N) is 1. The van der Waals surface area contributed by atoms with Gasteiger partial charge in [0, 0.05) is 0 Å². The highest BCUT2D eigenvalue weighted by Gasteiger charge is 2.18. The van der Waals surface area contributed by atoms with E-state index in [1.807, 2.05) is 0 Å². The molecule has 0 saturated heterocycles. The summed E-state index contributed by atoms with van der Waals surface area (Å²) in [4.78, 5) is 19.2. The van der Waals surface area contributed by atoms with Crippen LogP contribution < -0.4 is 20.5 Å². The number of nitrogens with one attached hydrogen (secondary N) is 3. The van der Waals surface area contributed by atoms with Crippen LogP contribution in [0.15, 0.2) is 18.2 Å². The molecule has 1 aromatic carbocycles. The Morgan fingerprint density at radius 3 is 2.03 bits per heavy atom. The summed E-state index contributed by atoms with van der Waals surface area (Å²) < 4.78 is 62.2. The fourth-order valence-electron chi connectivity index (χ4n) is 1.99. The molecule has 0 bridgehead atoms. The topological polar surface area (TPSA) is 235 Å². The number of aryl methyl sites for hydroxylation is 1. The summed E-state index contributed by atoms with van der Waals surface area (Å²) in [5.74, 6) is 0.736. The molecule has 1 heterocycles. The summed E-state index contributed by atoms with van der Waals surface area (Å²) in [6.07, 6.45) is 1.43. The number of hydrogen-bond donors (Lipinski definition) is 6. The second-order valence-electron chi connectivity index (χ2n) is 5.95. The molecule has 0 saturated carbocycles. The molecule has 14 nitrogen and oxygen atoms in total. The first-order valence-corrected chi connectivity index (χ1v) is 11.9. The molecule has 180 valence electrons. The fourth-order valence-corrected chi connectivity index (χ4v) is 1.99. The molecule has 1 aromatic heterocycles. The molecule has 16 heteroatoms. The van der Waals surface area contributed by atoms with E-state index in [4.69, 9.17) is 29.7 Å². The van der Waals surface area contributed by atoms with Gasteiger partial charge in [-0.3, -0.25) is 24.6 Å². The Bertz CT molecular complexity index is 1110. The van der Waals surface area contributed by atoms with Crippen molar-refractivity contribution < 1.29 is 40.2 Å². The normalized spacial score (nSPS) is 10.6. The molecule has 1 amide bonds. The number of methoxy groups -OCH3 is 2. The van der Waals surface area contributed by atoms with Gasteiger partial charge in [-0.1, -0.05) is 0 Å². The Hall–Kier alpha value is -3.21. The van der Waals surface area contributed by atoms with Crippen LogP contribution in [0.25, 0.3) is 11.4 Å². The molecule has 0 aliphatic rings. The van der Waals surface area contributed by atoms with E-state index in [1.165, 1.54) is 0 Å². The third-order valence-electron chi connectivity index (χ3n) is 3.02. The zero-order valence-corrected chi connectivity index (χ0v) is 19.5. The molecule has 0 aliphatic carbocycles. The summed E-state index contributed by atoms with van der Waals surface area (Å²) in [6, 6.07) is 5.27. The van der Waals surface area contributed by atoms with E-state index in [2.05, 4.69) is 15.3 Å². The van der Waals surface area contributed by atoms with Crippen LogP contribution in [0, 0.1) is 12.3 Å². The number of amides is 1. The standard InChI is InChI=1S/C14H17N5O3.2CH4O3S/c1-7-11(13(20)19-14(15)16)18-12(17-7)9-6-8(21-2)4-5-10(9)22-3;2*1-5(2,3)4/h4-6H,1-3H3,(H,17,18)(H4,15,16,19,20);2*1H3,(H,2,3,4). The number of guanidine groups is 1. The smallest absolute Gasteiger partial charge is 0.276 e. The number of ether oxygens (including phenoxy) is 2. The van der Waals surface area contributed by atoms with Crippen molar-refractivity contribution in [1.82, 2.24) is 15.3 Å². The Kier molecular flexibility index (Phi) is 10.8. The Labute approximate surface area is 185 Å². The molecule has 0 unspecified atom stereocenters. The number of H-pyrrole nitrogens is 1. The van der Waals surface area contributed by atoms with Crippen LogP contribution in [0.1, 0.15) is 16.2 Å². The van der Waals surface area contributed by atoms with Crippen molar-refractivity contribution >= 4 is 32.1 Å². The van der Waals surface area contributed by atoms with Gasteiger partial charge in [0.15, 0.2) is 5.96 Å². The Morgan fingerprint density at radius 1 is 1.12 bits per heavy atom. The lowest BCUT2D eigenvalue weighted by Gasteiger charge is -2.08. The minimum absolute atomic E-state index is 0.232. The van der Waals surface area contributed by atoms with Gasteiger partial charge >= 0.3 is 0 Å². The highest BCUT2D eigenvalue weighted by atomic mass is 32.2. The predicted molar refractivity (Wildman–Crippen MR) is 116 cm³/mol. The van der Waals surface area contributed by atoms with E-state index in [9.17, 15) is 21.6 Å². The van der Waals surface area contributed by atoms with Crippen LogP contribution in [0.3, 0.4) is 0 Å². The summed E-state index contributed by atoms with van der Waals surface area (Å²) in [7, 11) is -4.23.